The van der Waals surface area contributed by atoms with Gasteiger partial charge in [-0.3, -0.25) is 9.59 Å². The van der Waals surface area contributed by atoms with Crippen LogP contribution >= 0.6 is 0 Å². The van der Waals surface area contributed by atoms with Crippen molar-refractivity contribution in [1.82, 2.24) is 5.32 Å². The molecule has 2 rings (SSSR count). The molecule has 130 valence electrons. The number of carboxylic acids is 1. The second-order valence-electron chi connectivity index (χ2n) is 7.26. The Morgan fingerprint density at radius 1 is 1.29 bits per heavy atom. The molecule has 0 fully saturated rings. The van der Waals surface area contributed by atoms with Crippen LogP contribution < -0.4 is 5.32 Å². The molecule has 2 N–H and O–H groups in total. The Morgan fingerprint density at radius 3 is 2.54 bits per heavy atom. The molecule has 0 radical (unpaired) electrons. The number of benzene rings is 1. The van der Waals surface area contributed by atoms with Crippen molar-refractivity contribution >= 4 is 22.8 Å². The molecular formula is C19H25NO4. The number of aliphatic carboxylic acids is 1. The quantitative estimate of drug-likeness (QED) is 0.847. The largest absolute Gasteiger partial charge is 0.481 e. The fraction of sp³-hybridized carbons (Fsp3) is 0.474. The van der Waals surface area contributed by atoms with Gasteiger partial charge in [-0.05, 0) is 49.9 Å². The molecule has 0 spiro atoms. The summed E-state index contributed by atoms with van der Waals surface area (Å²) in [6, 6.07) is 4.09. The maximum Gasteiger partial charge on any atom is 0.310 e. The summed E-state index contributed by atoms with van der Waals surface area (Å²) in [5, 5.41) is 12.7. The van der Waals surface area contributed by atoms with Gasteiger partial charge in [-0.2, -0.15) is 0 Å². The molecule has 1 heterocycles. The lowest BCUT2D eigenvalue weighted by Gasteiger charge is -2.19. The van der Waals surface area contributed by atoms with Crippen molar-refractivity contribution in [3.05, 3.63) is 35.1 Å². The van der Waals surface area contributed by atoms with E-state index in [1.54, 1.807) is 20.1 Å². The molecule has 5 nitrogen and oxygen atoms in total. The van der Waals surface area contributed by atoms with E-state index >= 15 is 0 Å². The summed E-state index contributed by atoms with van der Waals surface area (Å²) in [5.41, 5.74) is 3.00. The van der Waals surface area contributed by atoms with Gasteiger partial charge in [0.1, 0.15) is 5.58 Å². The second-order valence-corrected chi connectivity index (χ2v) is 7.26. The first kappa shape index (κ1) is 18.0. The number of furan rings is 1. The third-order valence-electron chi connectivity index (χ3n) is 4.32. The molecule has 0 aliphatic carbocycles. The standard InChI is InChI=1S/C19H25NO4/c1-11(2)14-8-15-13(9-24-16(15)6-12(14)3)7-17(21)20-10-19(4,5)18(22)23/h6,8-9,11H,7,10H2,1-5H3,(H,20,21)(H,22,23). The first-order chi connectivity index (χ1) is 11.1. The lowest BCUT2D eigenvalue weighted by molar-refractivity contribution is -0.146. The van der Waals surface area contributed by atoms with Crippen LogP contribution in [0.1, 0.15) is 50.3 Å². The van der Waals surface area contributed by atoms with Gasteiger partial charge in [-0.15, -0.1) is 0 Å². The van der Waals surface area contributed by atoms with E-state index in [1.807, 2.05) is 6.07 Å². The van der Waals surface area contributed by atoms with Crippen LogP contribution in [-0.4, -0.2) is 23.5 Å². The average molecular weight is 331 g/mol. The molecule has 0 aliphatic heterocycles. The summed E-state index contributed by atoms with van der Waals surface area (Å²) < 4.78 is 5.58. The van der Waals surface area contributed by atoms with Crippen molar-refractivity contribution in [3.63, 3.8) is 0 Å². The number of aryl methyl sites for hydroxylation is 1. The van der Waals surface area contributed by atoms with E-state index in [1.165, 1.54) is 11.1 Å². The molecule has 1 aromatic carbocycles. The monoisotopic (exact) mass is 331 g/mol. The van der Waals surface area contributed by atoms with Crippen molar-refractivity contribution in [3.8, 4) is 0 Å². The zero-order valence-corrected chi connectivity index (χ0v) is 14.9. The van der Waals surface area contributed by atoms with Crippen molar-refractivity contribution in [1.29, 1.82) is 0 Å². The Labute approximate surface area is 142 Å². The molecule has 5 heteroatoms. The summed E-state index contributed by atoms with van der Waals surface area (Å²) in [4.78, 5) is 23.3. The Bertz CT molecular complexity index is 771. The Hall–Kier alpha value is -2.30. The lowest BCUT2D eigenvalue weighted by Crippen LogP contribution is -2.39. The zero-order valence-electron chi connectivity index (χ0n) is 14.9. The fourth-order valence-electron chi connectivity index (χ4n) is 2.63. The molecule has 0 saturated heterocycles. The third kappa shape index (κ3) is 3.78. The van der Waals surface area contributed by atoms with Gasteiger partial charge in [-0.1, -0.05) is 13.8 Å². The first-order valence-corrected chi connectivity index (χ1v) is 8.12. The normalized spacial score (nSPS) is 11.9. The number of fused-ring (bicyclic) bond motifs is 1. The van der Waals surface area contributed by atoms with Crippen molar-refractivity contribution < 1.29 is 19.1 Å². The highest BCUT2D eigenvalue weighted by atomic mass is 16.4. The molecule has 0 saturated carbocycles. The molecule has 0 bridgehead atoms. The van der Waals surface area contributed by atoms with Crippen LogP contribution in [0.2, 0.25) is 0 Å². The zero-order chi connectivity index (χ0) is 18.1. The first-order valence-electron chi connectivity index (χ1n) is 8.12. The van der Waals surface area contributed by atoms with Gasteiger partial charge in [-0.25, -0.2) is 0 Å². The molecule has 1 amide bonds. The fourth-order valence-corrected chi connectivity index (χ4v) is 2.63. The molecule has 0 aliphatic rings. The minimum atomic E-state index is -0.990. The highest BCUT2D eigenvalue weighted by Gasteiger charge is 2.27. The number of hydrogen-bond acceptors (Lipinski definition) is 3. The Kier molecular flexibility index (Phi) is 5.02. The minimum absolute atomic E-state index is 0.0906. The van der Waals surface area contributed by atoms with E-state index < -0.39 is 11.4 Å². The SMILES string of the molecule is Cc1cc2occ(CC(=O)NCC(C)(C)C(=O)O)c2cc1C(C)C. The summed E-state index contributed by atoms with van der Waals surface area (Å²) in [6.07, 6.45) is 1.78. The van der Waals surface area contributed by atoms with Crippen LogP contribution in [0.4, 0.5) is 0 Å². The van der Waals surface area contributed by atoms with Crippen LogP contribution in [0.15, 0.2) is 22.8 Å². The predicted molar refractivity (Wildman–Crippen MR) is 93.2 cm³/mol. The number of hydrogen-bond donors (Lipinski definition) is 2. The summed E-state index contributed by atoms with van der Waals surface area (Å²) in [6.45, 7) is 9.58. The van der Waals surface area contributed by atoms with Gasteiger partial charge in [0.2, 0.25) is 5.91 Å². The Balaban J connectivity index is 2.17. The van der Waals surface area contributed by atoms with Gasteiger partial charge in [0.25, 0.3) is 0 Å². The summed E-state index contributed by atoms with van der Waals surface area (Å²) in [7, 11) is 0. The molecule has 2 aromatic rings. The van der Waals surface area contributed by atoms with E-state index in [0.717, 1.165) is 16.5 Å². The highest BCUT2D eigenvalue weighted by molar-refractivity contribution is 5.88. The number of carboxylic acid groups (broad SMARTS) is 1. The lowest BCUT2D eigenvalue weighted by atomic mass is 9.93. The smallest absolute Gasteiger partial charge is 0.310 e. The molecule has 24 heavy (non-hydrogen) atoms. The third-order valence-corrected chi connectivity index (χ3v) is 4.32. The second kappa shape index (κ2) is 6.67. The number of carbonyl (C=O) groups is 2. The maximum absolute atomic E-state index is 12.2. The van der Waals surface area contributed by atoms with Crippen LogP contribution in [-0.2, 0) is 16.0 Å². The number of rotatable bonds is 6. The average Bonchev–Trinajstić information content (AvgIpc) is 2.86. The van der Waals surface area contributed by atoms with Crippen molar-refractivity contribution in [2.75, 3.05) is 6.54 Å². The highest BCUT2D eigenvalue weighted by Crippen LogP contribution is 2.29. The van der Waals surface area contributed by atoms with Gasteiger partial charge < -0.3 is 14.8 Å². The number of carbonyl (C=O) groups excluding carboxylic acids is 1. The van der Waals surface area contributed by atoms with E-state index in [2.05, 4.69) is 32.2 Å². The van der Waals surface area contributed by atoms with E-state index in [0.29, 0.717) is 5.92 Å². The van der Waals surface area contributed by atoms with E-state index in [-0.39, 0.29) is 18.9 Å². The van der Waals surface area contributed by atoms with Gasteiger partial charge in [0.15, 0.2) is 0 Å². The topological polar surface area (TPSA) is 79.5 Å². The minimum Gasteiger partial charge on any atom is -0.481 e. The molecule has 0 atom stereocenters. The van der Waals surface area contributed by atoms with Crippen LogP contribution in [0.5, 0.6) is 0 Å². The number of amides is 1. The summed E-state index contributed by atoms with van der Waals surface area (Å²) in [5.74, 6) is -0.755. The molecule has 0 unspecified atom stereocenters. The number of nitrogens with one attached hydrogen (secondary N) is 1. The van der Waals surface area contributed by atoms with Crippen molar-refractivity contribution in [2.24, 2.45) is 5.41 Å². The summed E-state index contributed by atoms with van der Waals surface area (Å²) >= 11 is 0. The van der Waals surface area contributed by atoms with Crippen LogP contribution in [0.25, 0.3) is 11.0 Å². The van der Waals surface area contributed by atoms with E-state index in [4.69, 9.17) is 9.52 Å². The van der Waals surface area contributed by atoms with E-state index in [9.17, 15) is 9.59 Å². The maximum atomic E-state index is 12.2. The van der Waals surface area contributed by atoms with Crippen molar-refractivity contribution in [2.45, 2.75) is 47.0 Å². The predicted octanol–water partition coefficient (Wildman–Crippen LogP) is 3.63. The molecule has 1 aromatic heterocycles. The van der Waals surface area contributed by atoms with Crippen LogP contribution in [0.3, 0.4) is 0 Å². The van der Waals surface area contributed by atoms with Gasteiger partial charge in [0.05, 0.1) is 18.1 Å². The van der Waals surface area contributed by atoms with Crippen LogP contribution in [0, 0.1) is 12.3 Å². The van der Waals surface area contributed by atoms with Gasteiger partial charge >= 0.3 is 5.97 Å². The molecular weight excluding hydrogens is 306 g/mol. The Morgan fingerprint density at radius 2 is 1.96 bits per heavy atom. The van der Waals surface area contributed by atoms with Gasteiger partial charge in [0, 0.05) is 17.5 Å².